The maximum Gasteiger partial charge on any atom is 0.458 e. The SMILES string of the molecule is Cc1ccc(C(=O)/C=C(\C(=O)c2ccc(C)cc2)N2C=Cc3ccccc3C2P(=O)(Oc2ccccc2)Oc2ccccc2)cc1. The Labute approximate surface area is 268 Å². The van der Waals surface area contributed by atoms with Crippen LogP contribution in [0.2, 0.25) is 0 Å². The molecule has 0 radical (unpaired) electrons. The summed E-state index contributed by atoms with van der Waals surface area (Å²) in [5.41, 5.74) is 4.21. The van der Waals surface area contributed by atoms with E-state index in [1.807, 2.05) is 80.6 Å². The van der Waals surface area contributed by atoms with Crippen molar-refractivity contribution in [1.29, 1.82) is 0 Å². The van der Waals surface area contributed by atoms with Gasteiger partial charge in [0.1, 0.15) is 11.5 Å². The van der Waals surface area contributed by atoms with Gasteiger partial charge < -0.3 is 13.9 Å². The lowest BCUT2D eigenvalue weighted by atomic mass is 9.99. The average molecular weight is 626 g/mol. The third-order valence-corrected chi connectivity index (χ3v) is 9.69. The number of Topliss-reactive ketones (excluding diaryl/α,β-unsaturated/α-hetero) is 1. The van der Waals surface area contributed by atoms with Gasteiger partial charge in [0.15, 0.2) is 11.6 Å². The molecule has 46 heavy (non-hydrogen) atoms. The number of hydrogen-bond acceptors (Lipinski definition) is 6. The Bertz CT molecular complexity index is 1920. The first-order valence-corrected chi connectivity index (χ1v) is 16.5. The topological polar surface area (TPSA) is 72.9 Å². The molecule has 1 unspecified atom stereocenters. The van der Waals surface area contributed by atoms with E-state index in [4.69, 9.17) is 9.05 Å². The molecule has 1 atom stereocenters. The van der Waals surface area contributed by atoms with Crippen LogP contribution in [0.15, 0.2) is 151 Å². The average Bonchev–Trinajstić information content (AvgIpc) is 3.08. The summed E-state index contributed by atoms with van der Waals surface area (Å²) < 4.78 is 28.1. The molecule has 0 bridgehead atoms. The summed E-state index contributed by atoms with van der Waals surface area (Å²) >= 11 is 0. The third-order valence-electron chi connectivity index (χ3n) is 7.63. The maximum atomic E-state index is 15.4. The van der Waals surface area contributed by atoms with Crippen molar-refractivity contribution in [3.8, 4) is 11.5 Å². The summed E-state index contributed by atoms with van der Waals surface area (Å²) in [6, 6.07) is 39.3. The quantitative estimate of drug-likeness (QED) is 0.0874. The fourth-order valence-corrected chi connectivity index (χ4v) is 7.39. The summed E-state index contributed by atoms with van der Waals surface area (Å²) in [5.74, 6) is -1.26. The van der Waals surface area contributed by atoms with Crippen molar-refractivity contribution in [2.45, 2.75) is 19.6 Å². The van der Waals surface area contributed by atoms with Gasteiger partial charge in [0.05, 0.1) is 5.70 Å². The zero-order valence-corrected chi connectivity index (χ0v) is 26.3. The van der Waals surface area contributed by atoms with Gasteiger partial charge in [-0.15, -0.1) is 0 Å². The number of aryl methyl sites for hydroxylation is 2. The molecule has 0 aromatic heterocycles. The Kier molecular flexibility index (Phi) is 8.82. The van der Waals surface area contributed by atoms with Gasteiger partial charge in [-0.2, -0.15) is 0 Å². The monoisotopic (exact) mass is 625 g/mol. The Morgan fingerprint density at radius 2 is 1.15 bits per heavy atom. The van der Waals surface area contributed by atoms with Crippen molar-refractivity contribution in [3.05, 3.63) is 185 Å². The molecule has 6 rings (SSSR count). The van der Waals surface area contributed by atoms with Gasteiger partial charge in [0.25, 0.3) is 0 Å². The van der Waals surface area contributed by atoms with E-state index in [0.29, 0.717) is 28.2 Å². The standard InChI is InChI=1S/C39H32NO5P/c1-28-17-21-31(22-18-28)37(41)27-36(38(42)32-23-19-29(2)20-24-32)40-26-25-30-11-9-10-16-35(30)39(40)46(43,44-33-12-5-3-6-13-33)45-34-14-7-4-8-15-34/h3-27,39H,1-2H3/b36-27+. The van der Waals surface area contributed by atoms with E-state index in [-0.39, 0.29) is 11.5 Å². The minimum absolute atomic E-state index is 0.0266. The largest absolute Gasteiger partial charge is 0.458 e. The van der Waals surface area contributed by atoms with Crippen LogP contribution in [-0.4, -0.2) is 16.5 Å². The lowest BCUT2D eigenvalue weighted by Gasteiger charge is -2.38. The molecule has 228 valence electrons. The van der Waals surface area contributed by atoms with E-state index >= 15 is 4.57 Å². The normalized spacial score (nSPS) is 14.3. The molecule has 0 spiro atoms. The molecular weight excluding hydrogens is 593 g/mol. The molecule has 1 aliphatic rings. The van der Waals surface area contributed by atoms with Gasteiger partial charge in [0.2, 0.25) is 5.78 Å². The van der Waals surface area contributed by atoms with Gasteiger partial charge in [-0.05, 0) is 55.3 Å². The molecule has 7 heteroatoms. The van der Waals surface area contributed by atoms with Crippen molar-refractivity contribution < 1.29 is 23.2 Å². The minimum Gasteiger partial charge on any atom is -0.414 e. The summed E-state index contributed by atoms with van der Waals surface area (Å²) in [6.45, 7) is 3.87. The predicted molar refractivity (Wildman–Crippen MR) is 181 cm³/mol. The summed E-state index contributed by atoms with van der Waals surface area (Å²) in [7, 11) is -4.27. The molecule has 1 heterocycles. The van der Waals surface area contributed by atoms with Crippen molar-refractivity contribution in [2.75, 3.05) is 0 Å². The van der Waals surface area contributed by atoms with Crippen LogP contribution in [0.3, 0.4) is 0 Å². The maximum absolute atomic E-state index is 15.4. The number of nitrogens with zero attached hydrogens (tertiary/aromatic N) is 1. The highest BCUT2D eigenvalue weighted by Gasteiger charge is 2.48. The van der Waals surface area contributed by atoms with E-state index in [2.05, 4.69) is 0 Å². The minimum atomic E-state index is -4.27. The number of fused-ring (bicyclic) bond motifs is 1. The summed E-state index contributed by atoms with van der Waals surface area (Å²) in [5, 5.41) is 0. The van der Waals surface area contributed by atoms with Crippen LogP contribution in [-0.2, 0) is 4.57 Å². The Balaban J connectivity index is 1.55. The van der Waals surface area contributed by atoms with E-state index in [9.17, 15) is 9.59 Å². The lowest BCUT2D eigenvalue weighted by Crippen LogP contribution is -2.32. The van der Waals surface area contributed by atoms with E-state index in [0.717, 1.165) is 16.7 Å². The number of hydrogen-bond donors (Lipinski definition) is 0. The molecule has 0 saturated heterocycles. The van der Waals surface area contributed by atoms with Crippen LogP contribution in [0.25, 0.3) is 6.08 Å². The van der Waals surface area contributed by atoms with E-state index < -0.39 is 19.2 Å². The number of ketones is 2. The highest BCUT2D eigenvalue weighted by molar-refractivity contribution is 7.55. The van der Waals surface area contributed by atoms with Crippen molar-refractivity contribution in [2.24, 2.45) is 0 Å². The van der Waals surface area contributed by atoms with Crippen LogP contribution in [0.5, 0.6) is 11.5 Å². The smallest absolute Gasteiger partial charge is 0.414 e. The number of para-hydroxylation sites is 2. The van der Waals surface area contributed by atoms with E-state index in [1.54, 1.807) is 83.9 Å². The molecule has 1 aliphatic heterocycles. The first kappa shape index (κ1) is 30.6. The van der Waals surface area contributed by atoms with Crippen molar-refractivity contribution in [3.63, 3.8) is 0 Å². The van der Waals surface area contributed by atoms with Gasteiger partial charge in [-0.25, -0.2) is 4.57 Å². The van der Waals surface area contributed by atoms with Crippen molar-refractivity contribution >= 4 is 25.2 Å². The van der Waals surface area contributed by atoms with Gasteiger partial charge >= 0.3 is 7.60 Å². The second kappa shape index (κ2) is 13.3. The van der Waals surface area contributed by atoms with Crippen LogP contribution in [0.4, 0.5) is 0 Å². The molecule has 6 nitrogen and oxygen atoms in total. The third kappa shape index (κ3) is 6.63. The Hall–Kier alpha value is -5.45. The number of allylic oxidation sites excluding steroid dienone is 2. The molecule has 5 aromatic carbocycles. The summed E-state index contributed by atoms with van der Waals surface area (Å²) in [6.07, 6.45) is 4.81. The van der Waals surface area contributed by atoms with E-state index in [1.165, 1.54) is 6.08 Å². The second-order valence-electron chi connectivity index (χ2n) is 11.0. The number of rotatable bonds is 10. The lowest BCUT2D eigenvalue weighted by molar-refractivity contribution is 0.0979. The second-order valence-corrected chi connectivity index (χ2v) is 13.0. The van der Waals surface area contributed by atoms with Gasteiger partial charge in [-0.3, -0.25) is 9.59 Å². The Morgan fingerprint density at radius 1 is 0.652 bits per heavy atom. The highest BCUT2D eigenvalue weighted by Crippen LogP contribution is 2.63. The number of carbonyl (C=O) groups excluding carboxylic acids is 2. The van der Waals surface area contributed by atoms with Crippen LogP contribution in [0, 0.1) is 13.8 Å². The molecule has 5 aromatic rings. The molecule has 0 fully saturated rings. The Morgan fingerprint density at radius 3 is 1.72 bits per heavy atom. The molecule has 0 saturated carbocycles. The van der Waals surface area contributed by atoms with Crippen LogP contribution < -0.4 is 9.05 Å². The molecule has 0 amide bonds. The van der Waals surface area contributed by atoms with Gasteiger partial charge in [-0.1, -0.05) is 120 Å². The van der Waals surface area contributed by atoms with Crippen molar-refractivity contribution in [1.82, 2.24) is 4.90 Å². The number of carbonyl (C=O) groups is 2. The highest BCUT2D eigenvalue weighted by atomic mass is 31.2. The predicted octanol–water partition coefficient (Wildman–Crippen LogP) is 9.59. The fourth-order valence-electron chi connectivity index (χ4n) is 5.24. The molecule has 0 aliphatic carbocycles. The van der Waals surface area contributed by atoms with Crippen LogP contribution in [0.1, 0.15) is 48.8 Å². The van der Waals surface area contributed by atoms with Gasteiger partial charge in [0, 0.05) is 23.4 Å². The zero-order valence-electron chi connectivity index (χ0n) is 25.4. The molecule has 0 N–H and O–H groups in total. The van der Waals surface area contributed by atoms with Crippen LogP contribution >= 0.6 is 7.60 Å². The fraction of sp³-hybridized carbons (Fsp3) is 0.0769. The number of benzene rings is 5. The first-order chi connectivity index (χ1) is 22.3. The molecular formula is C39H32NO5P. The summed E-state index contributed by atoms with van der Waals surface area (Å²) in [4.78, 5) is 29.7. The zero-order chi connectivity index (χ0) is 32.1. The first-order valence-electron chi connectivity index (χ1n) is 14.9.